The van der Waals surface area contributed by atoms with E-state index >= 15 is 4.39 Å². The first kappa shape index (κ1) is 27.1. The molecule has 4 saturated heterocycles. The lowest BCUT2D eigenvalue weighted by atomic mass is 9.94. The number of hydrogen-bond donors (Lipinski definition) is 1. The predicted molar refractivity (Wildman–Crippen MR) is 165 cm³/mol. The Kier molecular flexibility index (Phi) is 6.90. The molecule has 8 rings (SSSR count). The van der Waals surface area contributed by atoms with Crippen LogP contribution >= 0.6 is 0 Å². The van der Waals surface area contributed by atoms with E-state index in [1.165, 1.54) is 12.8 Å². The van der Waals surface area contributed by atoms with Crippen molar-refractivity contribution in [2.24, 2.45) is 0 Å². The number of fused-ring (bicyclic) bond motifs is 5. The second-order valence-electron chi connectivity index (χ2n) is 12.9. The summed E-state index contributed by atoms with van der Waals surface area (Å²) in [6.07, 6.45) is 9.58. The molecule has 4 fully saturated rings. The van der Waals surface area contributed by atoms with E-state index in [1.807, 2.05) is 36.4 Å². The number of piperazine rings is 1. The molecule has 9 heteroatoms. The second-order valence-corrected chi connectivity index (χ2v) is 12.9. The molecule has 2 unspecified atom stereocenters. The number of pyridine rings is 1. The van der Waals surface area contributed by atoms with Crippen LogP contribution in [-0.4, -0.2) is 76.9 Å². The van der Waals surface area contributed by atoms with Gasteiger partial charge in [0.25, 0.3) is 0 Å². The van der Waals surface area contributed by atoms with Crippen molar-refractivity contribution in [3.63, 3.8) is 0 Å². The highest BCUT2D eigenvalue weighted by atomic mass is 19.1. The highest BCUT2D eigenvalue weighted by Crippen LogP contribution is 2.40. The van der Waals surface area contributed by atoms with Crippen molar-refractivity contribution in [3.05, 3.63) is 54.0 Å². The summed E-state index contributed by atoms with van der Waals surface area (Å²) in [4.78, 5) is 19.2. The topological polar surface area (TPSA) is 66.4 Å². The van der Waals surface area contributed by atoms with Crippen LogP contribution in [0, 0.1) is 5.82 Å². The van der Waals surface area contributed by atoms with Crippen molar-refractivity contribution < 1.29 is 13.5 Å². The monoisotopic (exact) mass is 584 g/mol. The van der Waals surface area contributed by atoms with Crippen LogP contribution in [0.3, 0.4) is 0 Å². The minimum absolute atomic E-state index is 0.0353. The van der Waals surface area contributed by atoms with E-state index in [-0.39, 0.29) is 22.8 Å². The Morgan fingerprint density at radius 2 is 1.77 bits per heavy atom. The summed E-state index contributed by atoms with van der Waals surface area (Å²) in [6.45, 7) is 3.97. The van der Waals surface area contributed by atoms with Gasteiger partial charge in [-0.15, -0.1) is 0 Å². The van der Waals surface area contributed by atoms with Crippen LogP contribution in [0.1, 0.15) is 50.5 Å². The molecule has 2 bridgehead atoms. The van der Waals surface area contributed by atoms with E-state index in [0.717, 1.165) is 68.2 Å². The van der Waals surface area contributed by atoms with Crippen LogP contribution in [0.2, 0.25) is 0 Å². The van der Waals surface area contributed by atoms with E-state index in [9.17, 15) is 4.39 Å². The van der Waals surface area contributed by atoms with Crippen LogP contribution in [0.15, 0.2) is 42.6 Å². The Balaban J connectivity index is 1.24. The number of nitrogens with one attached hydrogen (secondary N) is 1. The predicted octanol–water partition coefficient (Wildman–Crippen LogP) is 5.83. The van der Waals surface area contributed by atoms with Gasteiger partial charge in [-0.25, -0.2) is 4.39 Å². The molecule has 0 amide bonds. The molecule has 2 aromatic heterocycles. The van der Waals surface area contributed by atoms with E-state index in [1.54, 1.807) is 6.20 Å². The summed E-state index contributed by atoms with van der Waals surface area (Å²) in [5.41, 5.74) is 2.21. The van der Waals surface area contributed by atoms with Crippen molar-refractivity contribution >= 4 is 27.5 Å². The standard InChI is InChI=1S/C34H38F2N6O/c35-15-3-9-23-7-1-6-22-8-2-10-26(28(22)23)30-29(36)31-27(18-37-30)32(41-19-24-11-12-25(20-41)38-24)40-33(39-31)43-21-34-13-4-16-42(34)17-5-14-34/h1-2,6-8,10,18,24-25,38H,3-5,9,11-17,19-21H2. The first-order valence-electron chi connectivity index (χ1n) is 15.9. The van der Waals surface area contributed by atoms with Crippen LogP contribution < -0.4 is 15.0 Å². The van der Waals surface area contributed by atoms with Gasteiger partial charge in [0, 0.05) is 36.9 Å². The molecule has 43 heavy (non-hydrogen) atoms. The molecule has 0 radical (unpaired) electrons. The van der Waals surface area contributed by atoms with Crippen LogP contribution in [0.4, 0.5) is 14.6 Å². The van der Waals surface area contributed by atoms with Gasteiger partial charge in [-0.1, -0.05) is 36.4 Å². The van der Waals surface area contributed by atoms with Gasteiger partial charge in [-0.05, 0) is 80.8 Å². The maximum atomic E-state index is 16.8. The average molecular weight is 585 g/mol. The fraction of sp³-hybridized carbons (Fsp3) is 0.500. The van der Waals surface area contributed by atoms with Crippen LogP contribution in [0.25, 0.3) is 32.9 Å². The Bertz CT molecular complexity index is 1650. The number of aryl methyl sites for hydroxylation is 1. The van der Waals surface area contributed by atoms with Crippen molar-refractivity contribution in [3.8, 4) is 17.3 Å². The summed E-state index contributed by atoms with van der Waals surface area (Å²) in [6, 6.07) is 12.8. The lowest BCUT2D eigenvalue weighted by molar-refractivity contribution is 0.108. The normalized spacial score (nSPS) is 23.0. The zero-order valence-electron chi connectivity index (χ0n) is 24.5. The summed E-state index contributed by atoms with van der Waals surface area (Å²) < 4.78 is 36.4. The number of ether oxygens (including phenoxy) is 1. The number of anilines is 1. The molecule has 6 heterocycles. The number of aromatic nitrogens is 3. The Morgan fingerprint density at radius 1 is 1.00 bits per heavy atom. The van der Waals surface area contributed by atoms with E-state index < -0.39 is 12.5 Å². The summed E-state index contributed by atoms with van der Waals surface area (Å²) in [5, 5.41) is 6.18. The van der Waals surface area contributed by atoms with Gasteiger partial charge in [-0.2, -0.15) is 9.97 Å². The molecule has 1 N–H and O–H groups in total. The van der Waals surface area contributed by atoms with Gasteiger partial charge in [0.05, 0.1) is 17.6 Å². The lowest BCUT2D eigenvalue weighted by Crippen LogP contribution is -2.51. The minimum atomic E-state index is -0.474. The van der Waals surface area contributed by atoms with Crippen molar-refractivity contribution in [1.82, 2.24) is 25.2 Å². The van der Waals surface area contributed by atoms with Crippen molar-refractivity contribution in [2.45, 2.75) is 69.0 Å². The zero-order valence-corrected chi connectivity index (χ0v) is 24.5. The molecule has 4 aromatic rings. The fourth-order valence-corrected chi connectivity index (χ4v) is 8.23. The van der Waals surface area contributed by atoms with Gasteiger partial charge >= 0.3 is 6.01 Å². The number of nitrogens with zero attached hydrogens (tertiary/aromatic N) is 5. The summed E-state index contributed by atoms with van der Waals surface area (Å²) in [5.74, 6) is 0.225. The van der Waals surface area contributed by atoms with Gasteiger partial charge in [0.15, 0.2) is 5.82 Å². The number of benzene rings is 2. The molecule has 0 spiro atoms. The third-order valence-corrected chi connectivity index (χ3v) is 10.3. The van der Waals surface area contributed by atoms with Gasteiger partial charge in [0.2, 0.25) is 0 Å². The maximum Gasteiger partial charge on any atom is 0.319 e. The molecule has 2 aromatic carbocycles. The summed E-state index contributed by atoms with van der Waals surface area (Å²) >= 11 is 0. The molecule has 7 nitrogen and oxygen atoms in total. The molecule has 0 saturated carbocycles. The molecule has 4 aliphatic rings. The van der Waals surface area contributed by atoms with Crippen LogP contribution in [0.5, 0.6) is 6.01 Å². The minimum Gasteiger partial charge on any atom is -0.461 e. The maximum absolute atomic E-state index is 16.8. The quantitative estimate of drug-likeness (QED) is 0.279. The largest absolute Gasteiger partial charge is 0.461 e. The summed E-state index contributed by atoms with van der Waals surface area (Å²) in [7, 11) is 0. The number of alkyl halides is 1. The number of rotatable bonds is 8. The second kappa shape index (κ2) is 10.9. The van der Waals surface area contributed by atoms with Crippen molar-refractivity contribution in [2.75, 3.05) is 44.4 Å². The zero-order chi connectivity index (χ0) is 29.0. The van der Waals surface area contributed by atoms with E-state index in [0.29, 0.717) is 48.3 Å². The SMILES string of the molecule is FCCCc1cccc2cccc(-c3ncc4c(N5CC6CCC(C5)N6)nc(OCC56CCCN5CCC6)nc4c3F)c12. The first-order chi connectivity index (χ1) is 21.1. The lowest BCUT2D eigenvalue weighted by Gasteiger charge is -2.34. The van der Waals surface area contributed by atoms with Gasteiger partial charge in [0.1, 0.15) is 23.6 Å². The molecular weight excluding hydrogens is 546 g/mol. The third-order valence-electron chi connectivity index (χ3n) is 10.3. The number of halogens is 2. The Hall–Kier alpha value is -3.43. The smallest absolute Gasteiger partial charge is 0.319 e. The van der Waals surface area contributed by atoms with Crippen LogP contribution in [-0.2, 0) is 6.42 Å². The highest BCUT2D eigenvalue weighted by molar-refractivity contribution is 6.00. The first-order valence-corrected chi connectivity index (χ1v) is 15.9. The average Bonchev–Trinajstić information content (AvgIpc) is 3.72. The van der Waals surface area contributed by atoms with Crippen molar-refractivity contribution in [1.29, 1.82) is 0 Å². The Labute approximate surface area is 250 Å². The molecule has 224 valence electrons. The highest BCUT2D eigenvalue weighted by Gasteiger charge is 2.45. The van der Waals surface area contributed by atoms with E-state index in [2.05, 4.69) is 15.1 Å². The Morgan fingerprint density at radius 3 is 2.53 bits per heavy atom. The molecular formula is C34H38F2N6O. The molecule has 4 aliphatic heterocycles. The number of hydrogen-bond acceptors (Lipinski definition) is 7. The van der Waals surface area contributed by atoms with E-state index in [4.69, 9.17) is 19.7 Å². The molecule has 0 aliphatic carbocycles. The molecule has 2 atom stereocenters. The third kappa shape index (κ3) is 4.72. The fourth-order valence-electron chi connectivity index (χ4n) is 8.23. The van der Waals surface area contributed by atoms with Gasteiger partial charge < -0.3 is 15.0 Å². The van der Waals surface area contributed by atoms with Gasteiger partial charge in [-0.3, -0.25) is 14.3 Å².